The van der Waals surface area contributed by atoms with E-state index in [0.29, 0.717) is 74.7 Å². The molecular formula is C72H186F2N16O12S2. The first-order valence-electron chi connectivity index (χ1n) is 83.6. The number of ether oxygens (including phenoxy) is 5. The monoisotopic (exact) mass is 1670 g/mol. The van der Waals surface area contributed by atoms with Crippen molar-refractivity contribution in [3.05, 3.63) is 131 Å². The number of carbonyl (C=O) groups excluding carboxylic acids is 2. The quantitative estimate of drug-likeness (QED) is 0.0393. The third-order valence-electron chi connectivity index (χ3n) is 18.4. The number of carbonyl (C=O) groups is 2. The predicted octanol–water partition coefficient (Wildman–Crippen LogP) is 23.4. The number of aromatic amines is 2. The lowest BCUT2D eigenvalue weighted by atomic mass is 10.0. The number of H-pyrrole nitrogens is 2. The molecule has 2 aliphatic carbocycles. The number of nitrogens with two attached hydrogens (primary N) is 1. The van der Waals surface area contributed by atoms with Gasteiger partial charge in [0, 0.05) is 222 Å². The van der Waals surface area contributed by atoms with Crippen LogP contribution in [-0.4, -0.2) is 162 Å². The van der Waals surface area contributed by atoms with Crippen LogP contribution in [0, 0.1) is 50.2 Å². The molecule has 6 aromatic heterocycles. The van der Waals surface area contributed by atoms with Gasteiger partial charge >= 0.3 is 18.2 Å². The number of sulfone groups is 2. The number of aryl methyl sites for hydroxylation is 4. The molecule has 32 heteroatoms. The fourth-order valence-corrected chi connectivity index (χ4v) is 15.3. The van der Waals surface area contributed by atoms with Crippen LogP contribution < -0.4 is 45.7 Å². The Morgan fingerprint density at radius 3 is 1.77 bits per heavy atom. The molecule has 8 heterocycles. The molecule has 4 aromatic carbocycles. The molecule has 0 radical (unpaired) electrons. The SMILES string of the molecule is CC(C)(C)OC(=O)N[C@H]1CNCC12CC2.CNc1cc(F)c(C)c2c1[nH]c1nc(Oc3cnc(C)nc3)nc(N3C[C@H](N)C4(CC4)C3)c12.COc1ccc(CS(=O)(=O)c2nc(S(=O)(=O)Cc3ccc(OC)cc3)c3c(n2)[nH]c2c(N(C)C(=O)OC(C)(C)C)cc(F)c(C)c23)cc1.Cc1ncc(O)cn1.[2H][2H].[2H][2H].[2H][2H].[2H][2H].[2H][2H].[2H][2H].[2H][2H].[2H][2H].[2H][2H].[2H][2H].[2H][2H].[2H][2H].[2H][2H].[2H][2H].[2H][2H].[2H][2H].[2H][2H].[2H][2H].[2H][2H].[2H][2H].[2H][2H].[2H][2H].[2H][2H].[2H][2H].[2H][2H].[2H][2H].[2H][2H].[2H][2H].[2H][2H].[2H][2H].[2H][2H].[2H][2H].[2H][2H].[2H][2H].[2H][2H].[2H][2H].[2H][2H].[2H][2H].[2H][2H].[2H][2H].[2H][2H].[2H][2H].[2H][2H].[2H][2H].[2H][2H].[2H][2H].[2H][2H].[2H][2H].[2H][2H].[2H][2H]. The zero-order chi connectivity index (χ0) is 175. The Hall–Kier alpha value is -10.2. The fourth-order valence-electron chi connectivity index (χ4n) is 12.5. The number of anilines is 3. The third-order valence-corrected chi connectivity index (χ3v) is 21.5. The van der Waals surface area contributed by atoms with Crippen molar-refractivity contribution in [2.75, 3.05) is 69.6 Å². The van der Waals surface area contributed by atoms with E-state index in [2.05, 4.69) is 65.7 Å². The smallest absolute Gasteiger partial charge is 0.414 e. The van der Waals surface area contributed by atoms with Crippen molar-refractivity contribution >= 4 is 92.9 Å². The van der Waals surface area contributed by atoms with E-state index in [1.807, 2.05) is 20.8 Å². The van der Waals surface area contributed by atoms with Crippen LogP contribution in [0.3, 0.4) is 0 Å². The molecule has 104 heavy (non-hydrogen) atoms. The maximum atomic E-state index is 15.6. The minimum Gasteiger partial charge on any atom is -0.505 e. The van der Waals surface area contributed by atoms with E-state index >= 15 is 4.39 Å². The van der Waals surface area contributed by atoms with E-state index < -0.39 is 64.5 Å². The van der Waals surface area contributed by atoms with Crippen molar-refractivity contribution in [2.24, 2.45) is 16.6 Å². The van der Waals surface area contributed by atoms with Crippen molar-refractivity contribution in [3.63, 3.8) is 0 Å². The highest BCUT2D eigenvalue weighted by atomic mass is 32.2. The zero-order valence-electron chi connectivity index (χ0n) is 160. The minimum absolute atomic E-state index is 0.0153. The van der Waals surface area contributed by atoms with Gasteiger partial charge in [-0.05, 0) is 148 Å². The number of methoxy groups -OCH3 is 2. The molecule has 4 aliphatic rings. The highest BCUT2D eigenvalue weighted by Crippen LogP contribution is 2.54. The first-order valence-corrected chi connectivity index (χ1v) is 36.9. The third kappa shape index (κ3) is 16.6. The first-order chi connectivity index (χ1) is 99.0. The maximum Gasteiger partial charge on any atom is 0.414 e. The zero-order valence-corrected chi connectivity index (χ0v) is 62.0. The Kier molecular flexibility index (Phi) is 9.58. The molecule has 2 saturated carbocycles. The average molecular weight is 1670 g/mol. The summed E-state index contributed by atoms with van der Waals surface area (Å²) in [4.78, 5) is 67.9. The molecular weight excluding hydrogens is 1380 g/mol. The Labute approximate surface area is 754 Å². The van der Waals surface area contributed by atoms with E-state index in [4.69, 9.17) is 188 Å². The molecule has 8 N–H and O–H groups in total. The molecule has 28 nitrogen and oxygen atoms in total. The van der Waals surface area contributed by atoms with Crippen molar-refractivity contribution in [3.8, 4) is 29.0 Å². The molecule has 2 saturated heterocycles. The van der Waals surface area contributed by atoms with E-state index in [-0.39, 0.29) is 74.4 Å². The second-order valence-electron chi connectivity index (χ2n) is 28.5. The van der Waals surface area contributed by atoms with Crippen LogP contribution in [0.25, 0.3) is 43.9 Å². The van der Waals surface area contributed by atoms with Gasteiger partial charge in [0.25, 0.3) is 5.16 Å². The molecule has 2 spiro atoms. The Balaban J connectivity index is -0.0000000401. The Morgan fingerprint density at radius 2 is 1.24 bits per heavy atom. The number of hydrogen-bond acceptors (Lipinski definition) is 24. The number of alkyl carbamates (subject to hydrolysis) is 1. The summed E-state index contributed by atoms with van der Waals surface area (Å²) in [5.41, 5.74) is 9.05. The lowest BCUT2D eigenvalue weighted by molar-refractivity contribution is 0.0492. The minimum atomic E-state index is -4.41. The van der Waals surface area contributed by atoms with Gasteiger partial charge in [-0.25, -0.2) is 65.1 Å². The number of rotatable bonds is 14. The van der Waals surface area contributed by atoms with Crippen LogP contribution in [0.5, 0.6) is 29.0 Å². The second kappa shape index (κ2) is 29.2. The molecule has 2 atom stereocenters. The lowest BCUT2D eigenvalue weighted by Crippen LogP contribution is -2.43. The standard InChI is InChI=1S/C33H35FN4O8S2.C23H25FN8O.C11H20N2O2.C5H6N2O.50H2/c1-19-24(34)16-25(38(5)32(39)46-33(2,3)4)28-26(19)27-29(35-28)36-31(48(42,43)18-21-10-14-23(45-7)15-11-21)37-30(27)47(40,41)17-20-8-12-22(44-6)13-9-20;1-11-14(24)6-15(26-3)19-17(11)18-20(29-19)30-22(33-13-7-27-12(2)28-8-13)31-21(18)32-9-16(25)23(10-32)4-5-23;1-10(2,3)15-9(14)13-8-6-12-7-11(8)4-5-11;1-4-6-2-5(8)3-7-4;;;;;;;;;;;;;;;;;;;;;;;;;;;;;;;;;;;;;;;;;;;;;;;;;;/h8-16H,17-18H2,1-7H3,(H,35,36,37);6-8,16,26H,4-5,9-10,25H2,1-3H3,(H,29,30,31);8,12H,4-7H2,1-3H3,(H,13,14);2-3,8H,1H3;50*1H/t;16-;8-;;;;;;;;;;;;;;;;;;;;;;;;;;;;;;;;;;;;;;;;;;;;;;;;;;;/m.00.................................................../s1/i;;;;50*1+1D. The number of amides is 2. The molecule has 652 valence electrons. The molecule has 0 bridgehead atoms. The molecule has 10 aromatic rings. The van der Waals surface area contributed by atoms with Crippen LogP contribution in [0.2, 0.25) is 0 Å². The molecule has 2 aliphatic heterocycles. The van der Waals surface area contributed by atoms with Crippen molar-refractivity contribution in [1.82, 2.24) is 60.5 Å². The van der Waals surface area contributed by atoms with Gasteiger partial charge in [-0.3, -0.25) is 4.90 Å². The Morgan fingerprint density at radius 1 is 0.712 bits per heavy atom. The maximum absolute atomic E-state index is 15.6. The van der Waals surface area contributed by atoms with Gasteiger partial charge in [-0.2, -0.15) is 9.97 Å². The van der Waals surface area contributed by atoms with Crippen LogP contribution in [-0.2, 0) is 40.7 Å². The highest BCUT2D eigenvalue weighted by molar-refractivity contribution is 7.91. The highest BCUT2D eigenvalue weighted by Gasteiger charge is 2.55. The topological polar surface area (TPSA) is 372 Å². The van der Waals surface area contributed by atoms with E-state index in [9.17, 15) is 30.8 Å². The fraction of sp³-hybridized carbons (Fsp3) is 0.417. The number of aromatic nitrogens is 10. The number of halogens is 2. The molecule has 4 fully saturated rings. The van der Waals surface area contributed by atoms with E-state index in [0.717, 1.165) is 59.7 Å². The Bertz CT molecular complexity index is 5290. The van der Waals surface area contributed by atoms with E-state index in [1.54, 1.807) is 110 Å². The number of nitrogens with one attached hydrogen (secondary N) is 5. The predicted molar refractivity (Wildman–Crippen MR) is 495 cm³/mol. The van der Waals surface area contributed by atoms with Gasteiger partial charge < -0.3 is 65.3 Å². The van der Waals surface area contributed by atoms with Gasteiger partial charge in [0.15, 0.2) is 16.5 Å². The molecule has 14 rings (SSSR count). The van der Waals surface area contributed by atoms with Gasteiger partial charge in [0.2, 0.25) is 19.7 Å². The van der Waals surface area contributed by atoms with E-state index in [1.165, 1.54) is 59.5 Å². The summed E-state index contributed by atoms with van der Waals surface area (Å²) in [6.07, 6.45) is 9.50. The van der Waals surface area contributed by atoms with Crippen LogP contribution in [0.15, 0.2) is 95.6 Å². The van der Waals surface area contributed by atoms with Gasteiger partial charge in [0.05, 0.1) is 89.7 Å². The second-order valence-corrected chi connectivity index (χ2v) is 32.3. The summed E-state index contributed by atoms with van der Waals surface area (Å²) in [5.74, 6) is 1.46. The molecule has 2 amide bonds. The van der Waals surface area contributed by atoms with Crippen molar-refractivity contribution in [2.45, 2.75) is 140 Å². The summed E-state index contributed by atoms with van der Waals surface area (Å²) in [7, 11) is -2.64. The number of aromatic hydroxyl groups is 1. The average Bonchev–Trinajstić information content (AvgIpc) is 1.56. The van der Waals surface area contributed by atoms with Crippen molar-refractivity contribution in [1.29, 1.82) is 0 Å². The van der Waals surface area contributed by atoms with Crippen molar-refractivity contribution < 1.29 is 212 Å². The van der Waals surface area contributed by atoms with Gasteiger partial charge in [-0.1, -0.05) is 24.3 Å². The normalized spacial score (nSPS) is 20.3. The number of benzene rings is 4. The van der Waals surface area contributed by atoms with Crippen LogP contribution in [0.1, 0.15) is 250 Å². The lowest BCUT2D eigenvalue weighted by Gasteiger charge is -2.25. The molecule has 0 unspecified atom stereocenters. The van der Waals surface area contributed by atoms with Crippen LogP contribution >= 0.6 is 0 Å². The summed E-state index contributed by atoms with van der Waals surface area (Å²) in [6.45, 7) is 20.9. The summed E-state index contributed by atoms with van der Waals surface area (Å²) < 4.78 is 613. The van der Waals surface area contributed by atoms with Crippen LogP contribution in [0.4, 0.5) is 35.6 Å². The number of hydrogen-bond donors (Lipinski definition) is 7. The van der Waals surface area contributed by atoms with Gasteiger partial charge in [-0.15, -0.1) is 0 Å². The largest absolute Gasteiger partial charge is 0.505 e. The summed E-state index contributed by atoms with van der Waals surface area (Å²) in [5, 5.41) is 18.1. The number of nitrogens with zero attached hydrogens (tertiary/aromatic N) is 10. The summed E-state index contributed by atoms with van der Waals surface area (Å²) >= 11 is 0. The summed E-state index contributed by atoms with van der Waals surface area (Å²) in [6, 6.07) is 15.7. The number of fused-ring (bicyclic) bond motifs is 6. The first kappa shape index (κ1) is 34.2. The van der Waals surface area contributed by atoms with Gasteiger partial charge in [0.1, 0.15) is 63.1 Å².